The summed E-state index contributed by atoms with van der Waals surface area (Å²) in [5, 5.41) is 3.74. The number of hydrazone groups is 1. The van der Waals surface area contributed by atoms with E-state index in [9.17, 15) is 4.79 Å². The van der Waals surface area contributed by atoms with Crippen molar-refractivity contribution < 1.29 is 4.79 Å². The van der Waals surface area contributed by atoms with Crippen LogP contribution in [-0.2, 0) is 4.79 Å². The molecule has 0 saturated carbocycles. The van der Waals surface area contributed by atoms with E-state index in [4.69, 9.17) is 5.73 Å². The van der Waals surface area contributed by atoms with Crippen molar-refractivity contribution in [1.82, 2.24) is 5.43 Å². The molecule has 0 bridgehead atoms. The Labute approximate surface area is 62.2 Å². The third-order valence-electron chi connectivity index (χ3n) is 1.62. The summed E-state index contributed by atoms with van der Waals surface area (Å²) in [7, 11) is 0. The van der Waals surface area contributed by atoms with E-state index in [1.165, 1.54) is 0 Å². The lowest BCUT2D eigenvalue weighted by atomic mass is 10.1. The van der Waals surface area contributed by atoms with E-state index < -0.39 is 0 Å². The van der Waals surface area contributed by atoms with Crippen LogP contribution in [0.15, 0.2) is 5.10 Å². The maximum atomic E-state index is 10.9. The molecule has 2 unspecified atom stereocenters. The first-order chi connectivity index (χ1) is 4.79. The molecular formula is C5H7N3OS. The summed E-state index contributed by atoms with van der Waals surface area (Å²) < 4.78 is 0. The molecule has 3 N–H and O–H groups in total. The van der Waals surface area contributed by atoms with Crippen LogP contribution < -0.4 is 11.2 Å². The normalized spacial score (nSPS) is 37.3. The summed E-state index contributed by atoms with van der Waals surface area (Å²) in [4.78, 5) is 10.9. The molecule has 2 heterocycles. The minimum Gasteiger partial charge on any atom is -0.322 e. The number of nitrogens with two attached hydrogens (primary N) is 1. The van der Waals surface area contributed by atoms with Gasteiger partial charge < -0.3 is 5.73 Å². The molecule has 0 aromatic heterocycles. The van der Waals surface area contributed by atoms with Crippen LogP contribution in [0.25, 0.3) is 0 Å². The monoisotopic (exact) mass is 157 g/mol. The van der Waals surface area contributed by atoms with Gasteiger partial charge in [-0.1, -0.05) is 0 Å². The number of carbonyl (C=O) groups excluding carboxylic acids is 1. The highest BCUT2D eigenvalue weighted by molar-refractivity contribution is 8.02. The molecule has 2 aliphatic rings. The maximum absolute atomic E-state index is 10.9. The Morgan fingerprint density at radius 1 is 1.80 bits per heavy atom. The van der Waals surface area contributed by atoms with E-state index in [-0.39, 0.29) is 17.2 Å². The Kier molecular flexibility index (Phi) is 1.21. The van der Waals surface area contributed by atoms with Gasteiger partial charge in [0.2, 0.25) is 0 Å². The van der Waals surface area contributed by atoms with Gasteiger partial charge in [-0.15, -0.1) is 11.8 Å². The molecule has 5 heteroatoms. The van der Waals surface area contributed by atoms with E-state index in [2.05, 4.69) is 10.5 Å². The zero-order chi connectivity index (χ0) is 7.14. The summed E-state index contributed by atoms with van der Waals surface area (Å²) in [5.41, 5.74) is 8.85. The maximum Gasteiger partial charge on any atom is 0.259 e. The highest BCUT2D eigenvalue weighted by Gasteiger charge is 2.39. The van der Waals surface area contributed by atoms with Crippen molar-refractivity contribution in [2.24, 2.45) is 10.8 Å². The molecule has 0 aromatic rings. The Morgan fingerprint density at radius 3 is 3.30 bits per heavy atom. The number of nitrogens with one attached hydrogen (secondary N) is 1. The van der Waals surface area contributed by atoms with E-state index in [0.29, 0.717) is 0 Å². The number of carbonyl (C=O) groups is 1. The van der Waals surface area contributed by atoms with Gasteiger partial charge in [0.05, 0.1) is 11.8 Å². The summed E-state index contributed by atoms with van der Waals surface area (Å²) in [6.07, 6.45) is 0. The molecule has 0 aromatic carbocycles. The zero-order valence-electron chi connectivity index (χ0n) is 5.20. The van der Waals surface area contributed by atoms with Crippen molar-refractivity contribution >= 4 is 23.4 Å². The molecule has 1 amide bonds. The van der Waals surface area contributed by atoms with Crippen molar-refractivity contribution in [3.05, 3.63) is 0 Å². The van der Waals surface area contributed by atoms with Gasteiger partial charge in [0, 0.05) is 5.75 Å². The average Bonchev–Trinajstić information content (AvgIpc) is 2.41. The largest absolute Gasteiger partial charge is 0.322 e. The quantitative estimate of drug-likeness (QED) is 0.470. The van der Waals surface area contributed by atoms with Crippen molar-refractivity contribution in [1.29, 1.82) is 0 Å². The van der Waals surface area contributed by atoms with Crippen molar-refractivity contribution in [3.63, 3.8) is 0 Å². The number of hydrogen-bond acceptors (Lipinski definition) is 4. The second kappa shape index (κ2) is 1.96. The smallest absolute Gasteiger partial charge is 0.259 e. The van der Waals surface area contributed by atoms with Gasteiger partial charge in [0.1, 0.15) is 5.25 Å². The van der Waals surface area contributed by atoms with Crippen LogP contribution in [0, 0.1) is 0 Å². The Bertz CT molecular complexity index is 215. The van der Waals surface area contributed by atoms with Crippen LogP contribution in [0.2, 0.25) is 0 Å². The van der Waals surface area contributed by atoms with Gasteiger partial charge in [-0.05, 0) is 0 Å². The van der Waals surface area contributed by atoms with Crippen LogP contribution >= 0.6 is 11.8 Å². The molecule has 0 aliphatic carbocycles. The van der Waals surface area contributed by atoms with E-state index >= 15 is 0 Å². The third kappa shape index (κ3) is 0.674. The van der Waals surface area contributed by atoms with Crippen LogP contribution in [-0.4, -0.2) is 28.7 Å². The second-order valence-corrected chi connectivity index (χ2v) is 3.47. The average molecular weight is 157 g/mol. The number of hydrogen-bond donors (Lipinski definition) is 2. The SMILES string of the molecule is NC1CSC2C(=O)NN=C12. The van der Waals surface area contributed by atoms with Crippen LogP contribution in [0.4, 0.5) is 0 Å². The first-order valence-electron chi connectivity index (χ1n) is 3.03. The van der Waals surface area contributed by atoms with Crippen LogP contribution in [0.3, 0.4) is 0 Å². The summed E-state index contributed by atoms with van der Waals surface area (Å²) in [6, 6.07) is -0.0195. The summed E-state index contributed by atoms with van der Waals surface area (Å²) >= 11 is 1.56. The molecule has 0 spiro atoms. The third-order valence-corrected chi connectivity index (χ3v) is 2.96. The van der Waals surface area contributed by atoms with E-state index in [1.807, 2.05) is 0 Å². The van der Waals surface area contributed by atoms with Gasteiger partial charge in [-0.25, -0.2) is 5.43 Å². The molecule has 54 valence electrons. The van der Waals surface area contributed by atoms with Gasteiger partial charge >= 0.3 is 0 Å². The number of thioether (sulfide) groups is 1. The lowest BCUT2D eigenvalue weighted by Crippen LogP contribution is -2.31. The predicted molar refractivity (Wildman–Crippen MR) is 39.8 cm³/mol. The predicted octanol–water partition coefficient (Wildman–Crippen LogP) is -1.09. The minimum atomic E-state index is -0.0880. The Balaban J connectivity index is 2.28. The fourth-order valence-corrected chi connectivity index (χ4v) is 2.27. The number of rotatable bonds is 0. The molecule has 1 saturated heterocycles. The molecule has 2 aliphatic heterocycles. The number of nitrogens with zero attached hydrogens (tertiary/aromatic N) is 1. The van der Waals surface area contributed by atoms with Crippen molar-refractivity contribution in [2.45, 2.75) is 11.3 Å². The summed E-state index contributed by atoms with van der Waals surface area (Å²) in [6.45, 7) is 0. The minimum absolute atomic E-state index is 0.0195. The van der Waals surface area contributed by atoms with Gasteiger partial charge in [-0.2, -0.15) is 5.10 Å². The Hall–Kier alpha value is -0.550. The molecule has 4 nitrogen and oxygen atoms in total. The molecule has 0 radical (unpaired) electrons. The highest BCUT2D eigenvalue weighted by atomic mass is 32.2. The van der Waals surface area contributed by atoms with Gasteiger partial charge in [0.25, 0.3) is 5.91 Å². The topological polar surface area (TPSA) is 67.5 Å². The molecule has 2 rings (SSSR count). The number of amides is 1. The second-order valence-electron chi connectivity index (χ2n) is 2.33. The fraction of sp³-hybridized carbons (Fsp3) is 0.600. The van der Waals surface area contributed by atoms with Crippen molar-refractivity contribution in [2.75, 3.05) is 5.75 Å². The standard InChI is InChI=1S/C5H7N3OS/c6-2-1-10-4-3(2)7-8-5(4)9/h2,4H,1,6H2,(H,8,9). The summed E-state index contributed by atoms with van der Waals surface area (Å²) in [5.74, 6) is 0.796. The lowest BCUT2D eigenvalue weighted by Gasteiger charge is -1.96. The van der Waals surface area contributed by atoms with E-state index in [0.717, 1.165) is 11.5 Å². The molecule has 2 atom stereocenters. The van der Waals surface area contributed by atoms with Crippen LogP contribution in [0.1, 0.15) is 0 Å². The first-order valence-corrected chi connectivity index (χ1v) is 4.08. The van der Waals surface area contributed by atoms with Gasteiger partial charge in [-0.3, -0.25) is 4.79 Å². The molecule has 1 fully saturated rings. The Morgan fingerprint density at radius 2 is 2.60 bits per heavy atom. The van der Waals surface area contributed by atoms with Crippen molar-refractivity contribution in [3.8, 4) is 0 Å². The first kappa shape index (κ1) is 6.18. The van der Waals surface area contributed by atoms with Crippen LogP contribution in [0.5, 0.6) is 0 Å². The highest BCUT2D eigenvalue weighted by Crippen LogP contribution is 2.26. The molecule has 10 heavy (non-hydrogen) atoms. The van der Waals surface area contributed by atoms with E-state index in [1.54, 1.807) is 11.8 Å². The molecular weight excluding hydrogens is 150 g/mol. The fourth-order valence-electron chi connectivity index (χ4n) is 1.09. The number of fused-ring (bicyclic) bond motifs is 1. The zero-order valence-corrected chi connectivity index (χ0v) is 6.02. The lowest BCUT2D eigenvalue weighted by molar-refractivity contribution is -0.118. The van der Waals surface area contributed by atoms with Gasteiger partial charge in [0.15, 0.2) is 0 Å².